The first-order valence-corrected chi connectivity index (χ1v) is 23.9. The van der Waals surface area contributed by atoms with E-state index in [4.69, 9.17) is 17.0 Å². The van der Waals surface area contributed by atoms with Crippen LogP contribution in [0.25, 0.3) is 65.3 Å². The van der Waals surface area contributed by atoms with Crippen molar-refractivity contribution in [3.05, 3.63) is 161 Å². The summed E-state index contributed by atoms with van der Waals surface area (Å²) in [5.41, 5.74) is 16.6. The van der Waals surface area contributed by atoms with Gasteiger partial charge in [-0.3, -0.25) is 0 Å². The van der Waals surface area contributed by atoms with E-state index in [1.807, 2.05) is 0 Å². The van der Waals surface area contributed by atoms with Gasteiger partial charge < -0.3 is 6.92 Å². The van der Waals surface area contributed by atoms with Crippen LogP contribution in [0.2, 0.25) is 0 Å². The quantitative estimate of drug-likeness (QED) is 0.153. The molecular formula is C48H47Cl2Zr-3. The number of fused-ring (bicyclic) bond motifs is 4. The average Bonchev–Trinajstić information content (AvgIpc) is 3.73. The third-order valence-corrected chi connectivity index (χ3v) is 10.5. The molecule has 0 aliphatic rings. The molecule has 0 bridgehead atoms. The zero-order valence-electron chi connectivity index (χ0n) is 31.4. The molecule has 0 spiro atoms. The van der Waals surface area contributed by atoms with E-state index >= 15 is 0 Å². The fourth-order valence-corrected chi connectivity index (χ4v) is 7.67. The predicted octanol–water partition coefficient (Wildman–Crippen LogP) is 15.4. The molecule has 0 unspecified atom stereocenters. The fraction of sp³-hybridized carbons (Fsp3) is 0.188. The van der Waals surface area contributed by atoms with Crippen LogP contribution in [-0.4, -0.2) is 0 Å². The van der Waals surface area contributed by atoms with Gasteiger partial charge in [-0.25, -0.2) is 0 Å². The van der Waals surface area contributed by atoms with Crippen molar-refractivity contribution in [2.75, 3.05) is 0 Å². The van der Waals surface area contributed by atoms with Crippen LogP contribution in [0.4, 0.5) is 0 Å². The third-order valence-electron chi connectivity index (χ3n) is 10.5. The minimum atomic E-state index is -0.826. The van der Waals surface area contributed by atoms with E-state index < -0.39 is 20.8 Å². The van der Waals surface area contributed by atoms with Crippen LogP contribution in [0.5, 0.6) is 0 Å². The first-order chi connectivity index (χ1) is 24.6. The summed E-state index contributed by atoms with van der Waals surface area (Å²) in [6.45, 7) is 22.9. The fourth-order valence-electron chi connectivity index (χ4n) is 7.67. The van der Waals surface area contributed by atoms with Gasteiger partial charge in [-0.1, -0.05) is 146 Å². The molecule has 0 N–H and O–H groups in total. The third kappa shape index (κ3) is 7.55. The van der Waals surface area contributed by atoms with E-state index in [0.29, 0.717) is 0 Å². The SMILES string of the molecule is Cc1cc2c(-c3cccc4ccccc34)c(C)c(C)c(C)c2[cH-]1.Cc1cc2c(-c3cccc4ccccc34)c(C)c(C)c(C)c2[cH-]1.[CH2-]C.[Cl][Zr][Cl]. The van der Waals surface area contributed by atoms with Crippen LogP contribution in [0, 0.1) is 62.3 Å². The van der Waals surface area contributed by atoms with E-state index in [0.717, 1.165) is 0 Å². The molecule has 0 atom stereocenters. The van der Waals surface area contributed by atoms with Crippen molar-refractivity contribution in [3.8, 4) is 22.3 Å². The number of rotatable bonds is 2. The number of aryl methyl sites for hydroxylation is 4. The number of hydrogen-bond donors (Lipinski definition) is 0. The average molecular weight is 786 g/mol. The number of halogens is 2. The second-order valence-corrected chi connectivity index (χ2v) is 17.1. The van der Waals surface area contributed by atoms with Gasteiger partial charge in [0, 0.05) is 0 Å². The molecule has 260 valence electrons. The van der Waals surface area contributed by atoms with Gasteiger partial charge in [0.1, 0.15) is 0 Å². The van der Waals surface area contributed by atoms with Crippen molar-refractivity contribution in [2.24, 2.45) is 0 Å². The van der Waals surface area contributed by atoms with Crippen LogP contribution in [0.15, 0.2) is 109 Å². The maximum absolute atomic E-state index is 4.93. The summed E-state index contributed by atoms with van der Waals surface area (Å²) >= 11 is -0.826. The van der Waals surface area contributed by atoms with Crippen LogP contribution in [0.1, 0.15) is 51.4 Å². The summed E-state index contributed by atoms with van der Waals surface area (Å²) in [5, 5.41) is 10.8. The van der Waals surface area contributed by atoms with Gasteiger partial charge in [0.2, 0.25) is 0 Å². The van der Waals surface area contributed by atoms with Crippen molar-refractivity contribution < 1.29 is 20.8 Å². The number of hydrogen-bond acceptors (Lipinski definition) is 0. The van der Waals surface area contributed by atoms with Gasteiger partial charge >= 0.3 is 37.9 Å². The van der Waals surface area contributed by atoms with E-state index in [1.54, 1.807) is 6.92 Å². The first-order valence-electron chi connectivity index (χ1n) is 17.5. The van der Waals surface area contributed by atoms with Crippen molar-refractivity contribution in [1.29, 1.82) is 0 Å². The molecule has 51 heavy (non-hydrogen) atoms. The van der Waals surface area contributed by atoms with E-state index in [2.05, 4.69) is 172 Å². The van der Waals surface area contributed by atoms with Crippen molar-refractivity contribution in [2.45, 2.75) is 62.3 Å². The molecule has 0 saturated heterocycles. The normalized spacial score (nSPS) is 10.7. The minimum absolute atomic E-state index is 0.826. The van der Waals surface area contributed by atoms with Crippen molar-refractivity contribution in [3.63, 3.8) is 0 Å². The molecule has 0 aromatic heterocycles. The zero-order valence-corrected chi connectivity index (χ0v) is 35.3. The molecule has 0 aliphatic carbocycles. The molecule has 0 amide bonds. The Bertz CT molecular complexity index is 2290. The molecule has 0 aliphatic heterocycles. The van der Waals surface area contributed by atoms with Gasteiger partial charge in [-0.05, 0) is 60.4 Å². The maximum atomic E-state index is 4.93. The molecule has 0 radical (unpaired) electrons. The molecule has 3 heteroatoms. The molecule has 0 saturated carbocycles. The van der Waals surface area contributed by atoms with Crippen molar-refractivity contribution in [1.82, 2.24) is 0 Å². The van der Waals surface area contributed by atoms with E-state index in [1.165, 1.54) is 110 Å². The predicted molar refractivity (Wildman–Crippen MR) is 226 cm³/mol. The van der Waals surface area contributed by atoms with Gasteiger partial charge in [-0.15, -0.1) is 55.9 Å². The Balaban J connectivity index is 0.000000176. The molecule has 0 heterocycles. The Morgan fingerprint density at radius 1 is 0.431 bits per heavy atom. The van der Waals surface area contributed by atoms with Crippen LogP contribution in [-0.2, 0) is 20.8 Å². The summed E-state index contributed by atoms with van der Waals surface area (Å²) in [6.07, 6.45) is 0. The molecular weight excluding hydrogens is 739 g/mol. The molecule has 8 rings (SSSR count). The first kappa shape index (κ1) is 38.7. The summed E-state index contributed by atoms with van der Waals surface area (Å²) < 4.78 is 0. The summed E-state index contributed by atoms with van der Waals surface area (Å²) in [4.78, 5) is 0. The monoisotopic (exact) mass is 783 g/mol. The zero-order chi connectivity index (χ0) is 37.0. The molecule has 8 aromatic carbocycles. The standard InChI is InChI=1S/2C23H21.C2H5.2ClH.Zr/c2*1-14-12-21-16(3)15(2)17(4)23(22(21)13-14)20-11-7-9-18-8-5-6-10-19(18)20;1-2;;;/h2*5-13H,1-4H3;1H2,2H3;2*1H;/q3*-1;;;+2/p-2. The second-order valence-electron chi connectivity index (χ2n) is 13.3. The van der Waals surface area contributed by atoms with Crippen LogP contribution >= 0.6 is 17.0 Å². The Hall–Kier alpha value is -3.48. The van der Waals surface area contributed by atoms with Gasteiger partial charge in [0.25, 0.3) is 0 Å². The van der Waals surface area contributed by atoms with Crippen LogP contribution < -0.4 is 0 Å². The van der Waals surface area contributed by atoms with Gasteiger partial charge in [0.05, 0.1) is 0 Å². The van der Waals surface area contributed by atoms with E-state index in [-0.39, 0.29) is 0 Å². The molecule has 0 nitrogen and oxygen atoms in total. The van der Waals surface area contributed by atoms with Gasteiger partial charge in [0.15, 0.2) is 0 Å². The Kier molecular flexibility index (Phi) is 12.8. The van der Waals surface area contributed by atoms with E-state index in [9.17, 15) is 0 Å². The molecule has 0 fully saturated rings. The van der Waals surface area contributed by atoms with Crippen molar-refractivity contribution >= 4 is 60.1 Å². The van der Waals surface area contributed by atoms with Crippen LogP contribution in [0.3, 0.4) is 0 Å². The number of benzene rings is 6. The summed E-state index contributed by atoms with van der Waals surface area (Å²) in [7, 11) is 9.87. The second kappa shape index (κ2) is 16.9. The molecule has 8 aromatic rings. The summed E-state index contributed by atoms with van der Waals surface area (Å²) in [5.74, 6) is 0. The van der Waals surface area contributed by atoms with Gasteiger partial charge in [-0.2, -0.15) is 19.1 Å². The summed E-state index contributed by atoms with van der Waals surface area (Å²) in [6, 6.07) is 40.0. The Morgan fingerprint density at radius 2 is 0.765 bits per heavy atom. The topological polar surface area (TPSA) is 0 Å². The Labute approximate surface area is 323 Å². The Morgan fingerprint density at radius 3 is 1.14 bits per heavy atom.